The van der Waals surface area contributed by atoms with Gasteiger partial charge < -0.3 is 15.0 Å². The molecule has 0 atom stereocenters. The van der Waals surface area contributed by atoms with E-state index < -0.39 is 21.7 Å². The van der Waals surface area contributed by atoms with Crippen molar-refractivity contribution < 1.29 is 27.2 Å². The lowest BCUT2D eigenvalue weighted by Gasteiger charge is -2.23. The lowest BCUT2D eigenvalue weighted by atomic mass is 10.2. The SMILES string of the molecule is O=C(Nc1ccc(S(=O)(=O)NCCC[NH+]2CCOCC2)cc1)c1ccc(F)cc1. The predicted molar refractivity (Wildman–Crippen MR) is 107 cm³/mol. The van der Waals surface area contributed by atoms with Crippen molar-refractivity contribution in [3.8, 4) is 0 Å². The number of benzene rings is 2. The summed E-state index contributed by atoms with van der Waals surface area (Å²) in [7, 11) is -3.60. The number of morpholine rings is 1. The molecule has 0 radical (unpaired) electrons. The highest BCUT2D eigenvalue weighted by molar-refractivity contribution is 7.89. The van der Waals surface area contributed by atoms with E-state index in [-0.39, 0.29) is 4.90 Å². The van der Waals surface area contributed by atoms with Gasteiger partial charge in [0.1, 0.15) is 18.9 Å². The highest BCUT2D eigenvalue weighted by Crippen LogP contribution is 2.15. The molecule has 1 saturated heterocycles. The lowest BCUT2D eigenvalue weighted by Crippen LogP contribution is -3.14. The molecular weight excluding hydrogens is 397 g/mol. The molecule has 1 fully saturated rings. The van der Waals surface area contributed by atoms with E-state index in [0.717, 1.165) is 39.3 Å². The van der Waals surface area contributed by atoms with E-state index in [2.05, 4.69) is 10.0 Å². The largest absolute Gasteiger partial charge is 0.370 e. The van der Waals surface area contributed by atoms with Gasteiger partial charge in [-0.25, -0.2) is 17.5 Å². The summed E-state index contributed by atoms with van der Waals surface area (Å²) in [5, 5.41) is 2.66. The Balaban J connectivity index is 1.50. The van der Waals surface area contributed by atoms with Crippen LogP contribution in [0.25, 0.3) is 0 Å². The fourth-order valence-electron chi connectivity index (χ4n) is 3.06. The van der Waals surface area contributed by atoms with Crippen molar-refractivity contribution >= 4 is 21.6 Å². The minimum Gasteiger partial charge on any atom is -0.370 e. The zero-order valence-electron chi connectivity index (χ0n) is 16.0. The van der Waals surface area contributed by atoms with Crippen molar-refractivity contribution in [1.29, 1.82) is 0 Å². The number of nitrogens with one attached hydrogen (secondary N) is 3. The van der Waals surface area contributed by atoms with Crippen LogP contribution in [0.2, 0.25) is 0 Å². The summed E-state index contributed by atoms with van der Waals surface area (Å²) in [6, 6.07) is 11.1. The first kappa shape index (κ1) is 21.4. The Morgan fingerprint density at radius 3 is 2.34 bits per heavy atom. The van der Waals surface area contributed by atoms with Crippen molar-refractivity contribution in [1.82, 2.24) is 4.72 Å². The summed E-state index contributed by atoms with van der Waals surface area (Å²) in [5.41, 5.74) is 0.765. The van der Waals surface area contributed by atoms with Crippen molar-refractivity contribution in [2.75, 3.05) is 44.7 Å². The Hall–Kier alpha value is -2.33. The van der Waals surface area contributed by atoms with E-state index in [0.29, 0.717) is 17.8 Å². The van der Waals surface area contributed by atoms with E-state index in [1.54, 1.807) is 0 Å². The van der Waals surface area contributed by atoms with E-state index in [9.17, 15) is 17.6 Å². The Morgan fingerprint density at radius 1 is 1.03 bits per heavy atom. The average molecular weight is 423 g/mol. The van der Waals surface area contributed by atoms with Gasteiger partial charge in [-0.3, -0.25) is 4.79 Å². The molecule has 0 aliphatic carbocycles. The van der Waals surface area contributed by atoms with Gasteiger partial charge >= 0.3 is 0 Å². The fraction of sp³-hybridized carbons (Fsp3) is 0.350. The maximum atomic E-state index is 12.9. The van der Waals surface area contributed by atoms with Crippen molar-refractivity contribution in [2.45, 2.75) is 11.3 Å². The molecule has 2 aromatic rings. The molecule has 3 rings (SSSR count). The van der Waals surface area contributed by atoms with E-state index in [1.807, 2.05) is 0 Å². The molecule has 2 aromatic carbocycles. The van der Waals surface area contributed by atoms with Crippen molar-refractivity contribution in [2.24, 2.45) is 0 Å². The molecule has 7 nitrogen and oxygen atoms in total. The summed E-state index contributed by atoms with van der Waals surface area (Å²) in [4.78, 5) is 13.7. The molecule has 9 heteroatoms. The van der Waals surface area contributed by atoms with Gasteiger partial charge in [-0.15, -0.1) is 0 Å². The first-order chi connectivity index (χ1) is 13.9. The van der Waals surface area contributed by atoms with Gasteiger partial charge in [-0.1, -0.05) is 0 Å². The number of carbonyl (C=O) groups is 1. The highest BCUT2D eigenvalue weighted by Gasteiger charge is 2.16. The Morgan fingerprint density at radius 2 is 1.69 bits per heavy atom. The van der Waals surface area contributed by atoms with Gasteiger partial charge in [0.2, 0.25) is 10.0 Å². The van der Waals surface area contributed by atoms with Gasteiger partial charge in [0.15, 0.2) is 0 Å². The molecule has 1 heterocycles. The number of rotatable bonds is 8. The summed E-state index contributed by atoms with van der Waals surface area (Å²) in [5.74, 6) is -0.820. The number of anilines is 1. The van der Waals surface area contributed by atoms with Crippen LogP contribution in [-0.4, -0.2) is 53.7 Å². The lowest BCUT2D eigenvalue weighted by molar-refractivity contribution is -0.908. The molecule has 0 spiro atoms. The van der Waals surface area contributed by atoms with Gasteiger partial charge in [0.25, 0.3) is 5.91 Å². The maximum Gasteiger partial charge on any atom is 0.255 e. The van der Waals surface area contributed by atoms with E-state index >= 15 is 0 Å². The maximum absolute atomic E-state index is 12.9. The van der Waals surface area contributed by atoms with Crippen LogP contribution < -0.4 is 14.9 Å². The second-order valence-corrected chi connectivity index (χ2v) is 8.62. The number of carbonyl (C=O) groups excluding carboxylic acids is 1. The molecule has 1 aliphatic rings. The summed E-state index contributed by atoms with van der Waals surface area (Å²) < 4.78 is 45.7. The van der Waals surface area contributed by atoms with E-state index in [1.165, 1.54) is 53.4 Å². The third-order valence-corrected chi connectivity index (χ3v) is 6.20. The zero-order valence-corrected chi connectivity index (χ0v) is 16.8. The van der Waals surface area contributed by atoms with Crippen LogP contribution in [0.5, 0.6) is 0 Å². The average Bonchev–Trinajstić information content (AvgIpc) is 2.73. The fourth-order valence-corrected chi connectivity index (χ4v) is 4.13. The van der Waals surface area contributed by atoms with Gasteiger partial charge in [-0.2, -0.15) is 0 Å². The molecular formula is C20H25FN3O4S+. The summed E-state index contributed by atoms with van der Waals surface area (Å²) in [6.07, 6.45) is 0.750. The van der Waals surface area contributed by atoms with Crippen LogP contribution in [0.4, 0.5) is 10.1 Å². The molecule has 156 valence electrons. The second kappa shape index (κ2) is 9.93. The molecule has 29 heavy (non-hydrogen) atoms. The molecule has 0 saturated carbocycles. The summed E-state index contributed by atoms with van der Waals surface area (Å²) in [6.45, 7) is 4.70. The minimum atomic E-state index is -3.60. The smallest absolute Gasteiger partial charge is 0.255 e. The third kappa shape index (κ3) is 6.33. The van der Waals surface area contributed by atoms with E-state index in [4.69, 9.17) is 4.74 Å². The molecule has 0 bridgehead atoms. The van der Waals surface area contributed by atoms with Crippen LogP contribution in [-0.2, 0) is 14.8 Å². The Labute approximate surface area is 169 Å². The third-order valence-electron chi connectivity index (χ3n) is 4.73. The first-order valence-corrected chi connectivity index (χ1v) is 11.0. The predicted octanol–water partition coefficient (Wildman–Crippen LogP) is 0.662. The van der Waals surface area contributed by atoms with Crippen LogP contribution >= 0.6 is 0 Å². The monoisotopic (exact) mass is 422 g/mol. The zero-order chi connectivity index (χ0) is 20.7. The number of ether oxygens (including phenoxy) is 1. The second-order valence-electron chi connectivity index (χ2n) is 6.85. The van der Waals surface area contributed by atoms with Crippen molar-refractivity contribution in [3.05, 3.63) is 59.9 Å². The normalized spacial score (nSPS) is 15.2. The van der Waals surface area contributed by atoms with Crippen LogP contribution in [0.1, 0.15) is 16.8 Å². The van der Waals surface area contributed by atoms with Crippen LogP contribution in [0.15, 0.2) is 53.4 Å². The van der Waals surface area contributed by atoms with Crippen molar-refractivity contribution in [3.63, 3.8) is 0 Å². The highest BCUT2D eigenvalue weighted by atomic mass is 32.2. The minimum absolute atomic E-state index is 0.135. The Kier molecular flexibility index (Phi) is 7.32. The van der Waals surface area contributed by atoms with Gasteiger partial charge in [0, 0.05) is 24.2 Å². The number of sulfonamides is 1. The number of hydrogen-bond donors (Lipinski definition) is 3. The van der Waals surface area contributed by atoms with Crippen LogP contribution in [0, 0.1) is 5.82 Å². The Bertz CT molecular complexity index is 912. The topological polar surface area (TPSA) is 88.9 Å². The number of amides is 1. The quantitative estimate of drug-likeness (QED) is 0.546. The van der Waals surface area contributed by atoms with Gasteiger partial charge in [-0.05, 0) is 48.5 Å². The first-order valence-electron chi connectivity index (χ1n) is 9.52. The number of halogens is 1. The van der Waals surface area contributed by atoms with Crippen LogP contribution in [0.3, 0.4) is 0 Å². The number of hydrogen-bond acceptors (Lipinski definition) is 4. The summed E-state index contributed by atoms with van der Waals surface area (Å²) >= 11 is 0. The number of quaternary nitrogens is 1. The molecule has 1 amide bonds. The standard InChI is InChI=1S/C20H24FN3O4S/c21-17-4-2-16(3-5-17)20(25)23-18-6-8-19(9-7-18)29(26,27)22-10-1-11-24-12-14-28-15-13-24/h2-9,22H,1,10-15H2,(H,23,25)/p+1. The molecule has 0 aromatic heterocycles. The van der Waals surface area contributed by atoms with Gasteiger partial charge in [0.05, 0.1) is 24.7 Å². The molecule has 1 aliphatic heterocycles. The molecule has 3 N–H and O–H groups in total. The molecule has 0 unspecified atom stereocenters.